The Morgan fingerprint density at radius 3 is 2.50 bits per heavy atom. The van der Waals surface area contributed by atoms with E-state index in [1.807, 2.05) is 0 Å². The van der Waals surface area contributed by atoms with Crippen LogP contribution in [0.4, 0.5) is 0 Å². The number of hydrogen-bond donors (Lipinski definition) is 1. The molecule has 144 valence electrons. The largest absolute Gasteiger partial charge is 0.496 e. The van der Waals surface area contributed by atoms with Gasteiger partial charge in [0.25, 0.3) is 5.91 Å². The Morgan fingerprint density at radius 2 is 1.79 bits per heavy atom. The van der Waals surface area contributed by atoms with Crippen LogP contribution in [-0.2, 0) is 0 Å². The van der Waals surface area contributed by atoms with Crippen molar-refractivity contribution in [3.63, 3.8) is 0 Å². The highest BCUT2D eigenvalue weighted by Gasteiger charge is 2.17. The lowest BCUT2D eigenvalue weighted by molar-refractivity contribution is 0.0731. The van der Waals surface area contributed by atoms with E-state index < -0.39 is 17.5 Å². The molecule has 0 aliphatic heterocycles. The average molecular weight is 381 g/mol. The normalized spacial score (nSPS) is 10.7. The van der Waals surface area contributed by atoms with Gasteiger partial charge in [0.1, 0.15) is 28.2 Å². The molecule has 28 heavy (non-hydrogen) atoms. The van der Waals surface area contributed by atoms with E-state index in [-0.39, 0.29) is 28.5 Å². The number of benzene rings is 2. The molecule has 0 saturated carbocycles. The minimum atomic E-state index is -0.765. The highest BCUT2D eigenvalue weighted by molar-refractivity contribution is 5.97. The van der Waals surface area contributed by atoms with Crippen molar-refractivity contribution in [1.82, 2.24) is 5.32 Å². The topological polar surface area (TPSA) is 94.8 Å². The third-order valence-corrected chi connectivity index (χ3v) is 3.91. The van der Waals surface area contributed by atoms with Gasteiger partial charge in [-0.05, 0) is 44.2 Å². The second kappa shape index (κ2) is 7.96. The Kier molecular flexibility index (Phi) is 5.44. The first kappa shape index (κ1) is 19.2. The van der Waals surface area contributed by atoms with Gasteiger partial charge in [-0.2, -0.15) is 0 Å². The van der Waals surface area contributed by atoms with Crippen LogP contribution < -0.4 is 20.4 Å². The summed E-state index contributed by atoms with van der Waals surface area (Å²) in [4.78, 5) is 36.6. The maximum atomic E-state index is 12.4. The standard InChI is InChI=1S/C21H19NO6/c1-12(2)22-19(23)16-10-13-8-9-14(11-18(13)28-21(16)25)27-20(24)15-6-4-5-7-17(15)26-3/h4-12H,1-3H3,(H,22,23). The summed E-state index contributed by atoms with van der Waals surface area (Å²) in [5.41, 5.74) is -0.373. The number of nitrogens with one attached hydrogen (secondary N) is 1. The zero-order chi connectivity index (χ0) is 20.3. The van der Waals surface area contributed by atoms with Crippen LogP contribution in [-0.4, -0.2) is 25.0 Å². The van der Waals surface area contributed by atoms with Crippen LogP contribution in [0.2, 0.25) is 0 Å². The molecule has 0 radical (unpaired) electrons. The van der Waals surface area contributed by atoms with Crippen LogP contribution in [0.5, 0.6) is 11.5 Å². The molecule has 3 aromatic rings. The number of rotatable bonds is 5. The van der Waals surface area contributed by atoms with E-state index in [2.05, 4.69) is 5.32 Å². The number of para-hydroxylation sites is 1. The van der Waals surface area contributed by atoms with Gasteiger partial charge < -0.3 is 19.2 Å². The maximum absolute atomic E-state index is 12.4. The molecular formula is C21H19NO6. The quantitative estimate of drug-likeness (QED) is 0.414. The van der Waals surface area contributed by atoms with Crippen LogP contribution >= 0.6 is 0 Å². The summed E-state index contributed by atoms with van der Waals surface area (Å²) in [6.07, 6.45) is 0. The third-order valence-electron chi connectivity index (χ3n) is 3.91. The molecule has 3 rings (SSSR count). The highest BCUT2D eigenvalue weighted by Crippen LogP contribution is 2.24. The third kappa shape index (κ3) is 4.03. The van der Waals surface area contributed by atoms with E-state index in [0.29, 0.717) is 11.1 Å². The average Bonchev–Trinajstić information content (AvgIpc) is 2.66. The lowest BCUT2D eigenvalue weighted by Gasteiger charge is -2.09. The predicted molar refractivity (Wildman–Crippen MR) is 103 cm³/mol. The first-order valence-corrected chi connectivity index (χ1v) is 8.63. The molecule has 0 unspecified atom stereocenters. The number of esters is 1. The van der Waals surface area contributed by atoms with Crippen molar-refractivity contribution in [2.24, 2.45) is 0 Å². The summed E-state index contributed by atoms with van der Waals surface area (Å²) in [7, 11) is 1.46. The van der Waals surface area contributed by atoms with Crippen molar-refractivity contribution < 1.29 is 23.5 Å². The van der Waals surface area contributed by atoms with E-state index in [9.17, 15) is 14.4 Å². The van der Waals surface area contributed by atoms with Crippen molar-refractivity contribution in [2.75, 3.05) is 7.11 Å². The van der Waals surface area contributed by atoms with Crippen LogP contribution in [0.15, 0.2) is 57.7 Å². The highest BCUT2D eigenvalue weighted by atomic mass is 16.5. The fraction of sp³-hybridized carbons (Fsp3) is 0.190. The molecule has 0 aliphatic rings. The Bertz CT molecular complexity index is 1100. The molecule has 0 bridgehead atoms. The number of ether oxygens (including phenoxy) is 2. The minimum absolute atomic E-state index is 0.0834. The van der Waals surface area contributed by atoms with Gasteiger partial charge in [0.15, 0.2) is 0 Å². The second-order valence-corrected chi connectivity index (χ2v) is 6.37. The van der Waals surface area contributed by atoms with Gasteiger partial charge in [-0.25, -0.2) is 9.59 Å². The van der Waals surface area contributed by atoms with Crippen molar-refractivity contribution in [3.8, 4) is 11.5 Å². The van der Waals surface area contributed by atoms with Crippen LogP contribution in [0, 0.1) is 0 Å². The van der Waals surface area contributed by atoms with Crippen molar-refractivity contribution in [2.45, 2.75) is 19.9 Å². The minimum Gasteiger partial charge on any atom is -0.496 e. The van der Waals surface area contributed by atoms with Crippen LogP contribution in [0.3, 0.4) is 0 Å². The molecule has 0 fully saturated rings. The number of carbonyl (C=O) groups is 2. The number of amides is 1. The second-order valence-electron chi connectivity index (χ2n) is 6.37. The fourth-order valence-corrected chi connectivity index (χ4v) is 2.63. The molecule has 1 N–H and O–H groups in total. The van der Waals surface area contributed by atoms with Gasteiger partial charge in [0, 0.05) is 17.5 Å². The molecule has 1 aromatic heterocycles. The first-order chi connectivity index (χ1) is 13.4. The summed E-state index contributed by atoms with van der Waals surface area (Å²) < 4.78 is 15.8. The first-order valence-electron chi connectivity index (χ1n) is 8.63. The lowest BCUT2D eigenvalue weighted by atomic mass is 10.1. The zero-order valence-electron chi connectivity index (χ0n) is 15.6. The van der Waals surface area contributed by atoms with Gasteiger partial charge >= 0.3 is 11.6 Å². The number of methoxy groups -OCH3 is 1. The molecule has 0 aliphatic carbocycles. The molecule has 0 saturated heterocycles. The molecule has 1 heterocycles. The van der Waals surface area contributed by atoms with E-state index in [0.717, 1.165) is 0 Å². The zero-order valence-corrected chi connectivity index (χ0v) is 15.6. The monoisotopic (exact) mass is 381 g/mol. The molecule has 7 heteroatoms. The summed E-state index contributed by atoms with van der Waals surface area (Å²) in [6, 6.07) is 12.6. The Balaban J connectivity index is 1.89. The van der Waals surface area contributed by atoms with E-state index in [1.54, 1.807) is 50.2 Å². The smallest absolute Gasteiger partial charge is 0.349 e. The Hall–Kier alpha value is -3.61. The summed E-state index contributed by atoms with van der Waals surface area (Å²) in [6.45, 7) is 3.59. The van der Waals surface area contributed by atoms with Crippen molar-refractivity contribution in [1.29, 1.82) is 0 Å². The van der Waals surface area contributed by atoms with Crippen LogP contribution in [0.1, 0.15) is 34.6 Å². The summed E-state index contributed by atoms with van der Waals surface area (Å²) >= 11 is 0. The SMILES string of the molecule is COc1ccccc1C(=O)Oc1ccc2cc(C(=O)NC(C)C)c(=O)oc2c1. The Morgan fingerprint density at radius 1 is 1.04 bits per heavy atom. The maximum Gasteiger partial charge on any atom is 0.349 e. The van der Waals surface area contributed by atoms with Crippen LogP contribution in [0.25, 0.3) is 11.0 Å². The molecule has 0 atom stereocenters. The molecule has 2 aromatic carbocycles. The van der Waals surface area contributed by atoms with Gasteiger partial charge in [-0.3, -0.25) is 4.79 Å². The molecule has 1 amide bonds. The molecule has 0 spiro atoms. The Labute approximate surface area is 160 Å². The summed E-state index contributed by atoms with van der Waals surface area (Å²) in [5.74, 6) is -0.518. The van der Waals surface area contributed by atoms with E-state index >= 15 is 0 Å². The van der Waals surface area contributed by atoms with Gasteiger partial charge in [0.2, 0.25) is 0 Å². The van der Waals surface area contributed by atoms with Gasteiger partial charge in [-0.15, -0.1) is 0 Å². The van der Waals surface area contributed by atoms with Gasteiger partial charge in [0.05, 0.1) is 7.11 Å². The van der Waals surface area contributed by atoms with Crippen molar-refractivity contribution in [3.05, 3.63) is 70.1 Å². The molecular weight excluding hydrogens is 362 g/mol. The van der Waals surface area contributed by atoms with E-state index in [1.165, 1.54) is 19.2 Å². The fourth-order valence-electron chi connectivity index (χ4n) is 2.63. The predicted octanol–water partition coefficient (Wildman–Crippen LogP) is 3.16. The van der Waals surface area contributed by atoms with E-state index in [4.69, 9.17) is 13.9 Å². The lowest BCUT2D eigenvalue weighted by Crippen LogP contribution is -2.33. The number of carbonyl (C=O) groups excluding carboxylic acids is 2. The molecule has 7 nitrogen and oxygen atoms in total. The number of hydrogen-bond acceptors (Lipinski definition) is 6. The van der Waals surface area contributed by atoms with Crippen molar-refractivity contribution >= 4 is 22.8 Å². The number of fused-ring (bicyclic) bond motifs is 1. The summed E-state index contributed by atoms with van der Waals surface area (Å²) in [5, 5.41) is 3.18. The van der Waals surface area contributed by atoms with Gasteiger partial charge in [-0.1, -0.05) is 12.1 Å².